The molecule has 0 spiro atoms. The van der Waals surface area contributed by atoms with Crippen molar-refractivity contribution in [2.75, 3.05) is 30.4 Å². The van der Waals surface area contributed by atoms with E-state index >= 15 is 0 Å². The summed E-state index contributed by atoms with van der Waals surface area (Å²) in [4.78, 5) is 0. The van der Waals surface area contributed by atoms with Gasteiger partial charge in [0.05, 0.1) is 17.6 Å². The Morgan fingerprint density at radius 1 is 1.39 bits per heavy atom. The molecule has 0 saturated carbocycles. The highest BCUT2D eigenvalue weighted by atomic mass is 32.2. The first-order chi connectivity index (χ1) is 8.35. The van der Waals surface area contributed by atoms with Gasteiger partial charge in [-0.3, -0.25) is 0 Å². The van der Waals surface area contributed by atoms with Crippen LogP contribution in [0, 0.1) is 6.92 Å². The van der Waals surface area contributed by atoms with Gasteiger partial charge in [-0.05, 0) is 20.3 Å². The van der Waals surface area contributed by atoms with Gasteiger partial charge in [0.15, 0.2) is 0 Å². The van der Waals surface area contributed by atoms with E-state index in [-0.39, 0.29) is 0 Å². The SMILES string of the molecule is CCn1nc(C)c(N)c1NCCCNS(C)(=O)=O. The molecule has 0 fully saturated rings. The topological polar surface area (TPSA) is 102 Å². The molecule has 0 amide bonds. The van der Waals surface area contributed by atoms with E-state index in [1.54, 1.807) is 4.68 Å². The maximum absolute atomic E-state index is 10.9. The van der Waals surface area contributed by atoms with Gasteiger partial charge >= 0.3 is 0 Å². The lowest BCUT2D eigenvalue weighted by molar-refractivity contribution is 0.586. The van der Waals surface area contributed by atoms with Crippen LogP contribution in [0.25, 0.3) is 0 Å². The molecule has 7 nitrogen and oxygen atoms in total. The van der Waals surface area contributed by atoms with Gasteiger partial charge in [-0.1, -0.05) is 0 Å². The molecule has 0 radical (unpaired) electrons. The van der Waals surface area contributed by atoms with E-state index in [0.717, 1.165) is 24.3 Å². The average molecular weight is 275 g/mol. The Bertz CT molecular complexity index is 495. The molecular weight excluding hydrogens is 254 g/mol. The van der Waals surface area contributed by atoms with Crippen LogP contribution in [-0.2, 0) is 16.6 Å². The number of nitrogen functional groups attached to an aromatic ring is 1. The van der Waals surface area contributed by atoms with Gasteiger partial charge in [0.25, 0.3) is 0 Å². The van der Waals surface area contributed by atoms with Crippen LogP contribution in [-0.4, -0.2) is 37.5 Å². The number of anilines is 2. The number of nitrogens with zero attached hydrogens (tertiary/aromatic N) is 2. The number of nitrogens with two attached hydrogens (primary N) is 1. The second-order valence-corrected chi connectivity index (χ2v) is 5.94. The number of hydrogen-bond donors (Lipinski definition) is 3. The van der Waals surface area contributed by atoms with E-state index in [1.165, 1.54) is 0 Å². The van der Waals surface area contributed by atoms with Crippen LogP contribution >= 0.6 is 0 Å². The molecule has 0 aliphatic heterocycles. The molecule has 18 heavy (non-hydrogen) atoms. The van der Waals surface area contributed by atoms with E-state index in [2.05, 4.69) is 15.1 Å². The van der Waals surface area contributed by atoms with Crippen LogP contribution < -0.4 is 15.8 Å². The van der Waals surface area contributed by atoms with E-state index in [9.17, 15) is 8.42 Å². The van der Waals surface area contributed by atoms with Crippen LogP contribution in [0.15, 0.2) is 0 Å². The summed E-state index contributed by atoms with van der Waals surface area (Å²) in [6.45, 7) is 5.63. The van der Waals surface area contributed by atoms with Crippen molar-refractivity contribution in [2.24, 2.45) is 0 Å². The van der Waals surface area contributed by atoms with Crippen LogP contribution in [0.1, 0.15) is 19.0 Å². The van der Waals surface area contributed by atoms with Crippen LogP contribution in [0.5, 0.6) is 0 Å². The summed E-state index contributed by atoms with van der Waals surface area (Å²) in [5, 5.41) is 7.46. The zero-order chi connectivity index (χ0) is 13.8. The molecule has 0 bridgehead atoms. The summed E-state index contributed by atoms with van der Waals surface area (Å²) >= 11 is 0. The Morgan fingerprint density at radius 3 is 2.61 bits per heavy atom. The highest BCUT2D eigenvalue weighted by molar-refractivity contribution is 7.88. The summed E-state index contributed by atoms with van der Waals surface area (Å²) in [6.07, 6.45) is 1.83. The highest BCUT2D eigenvalue weighted by Gasteiger charge is 2.10. The van der Waals surface area contributed by atoms with Gasteiger partial charge in [-0.15, -0.1) is 0 Å². The molecule has 0 saturated heterocycles. The van der Waals surface area contributed by atoms with E-state index in [1.807, 2.05) is 13.8 Å². The predicted octanol–water partition coefficient (Wildman–Crippen LogP) is 0.145. The minimum absolute atomic E-state index is 0.408. The molecular formula is C10H21N5O2S. The Kier molecular flexibility index (Phi) is 4.97. The molecule has 0 atom stereocenters. The fraction of sp³-hybridized carbons (Fsp3) is 0.700. The minimum atomic E-state index is -3.11. The molecule has 1 aromatic rings. The summed E-state index contributed by atoms with van der Waals surface area (Å²) < 4.78 is 25.9. The highest BCUT2D eigenvalue weighted by Crippen LogP contribution is 2.21. The molecule has 0 aliphatic carbocycles. The lowest BCUT2D eigenvalue weighted by atomic mass is 10.3. The van der Waals surface area contributed by atoms with Crippen molar-refractivity contribution in [3.05, 3.63) is 5.69 Å². The van der Waals surface area contributed by atoms with Crippen LogP contribution in [0.4, 0.5) is 11.5 Å². The summed E-state index contributed by atoms with van der Waals surface area (Å²) in [5.41, 5.74) is 7.35. The number of aromatic nitrogens is 2. The average Bonchev–Trinajstić information content (AvgIpc) is 2.54. The molecule has 0 aliphatic rings. The number of aryl methyl sites for hydroxylation is 2. The number of rotatable bonds is 7. The predicted molar refractivity (Wildman–Crippen MR) is 73.0 cm³/mol. The van der Waals surface area contributed by atoms with Crippen molar-refractivity contribution < 1.29 is 8.42 Å². The second kappa shape index (κ2) is 6.05. The molecule has 4 N–H and O–H groups in total. The quantitative estimate of drug-likeness (QED) is 0.615. The first-order valence-corrected chi connectivity index (χ1v) is 7.75. The van der Waals surface area contributed by atoms with Gasteiger partial charge < -0.3 is 11.1 Å². The molecule has 1 heterocycles. The molecule has 8 heteroatoms. The van der Waals surface area contributed by atoms with Gasteiger partial charge in [0.1, 0.15) is 5.82 Å². The van der Waals surface area contributed by atoms with Crippen molar-refractivity contribution in [1.82, 2.24) is 14.5 Å². The third-order valence-electron chi connectivity index (χ3n) is 2.48. The molecule has 104 valence electrons. The molecule has 0 unspecified atom stereocenters. The second-order valence-electron chi connectivity index (χ2n) is 4.11. The Morgan fingerprint density at radius 2 is 2.06 bits per heavy atom. The summed E-state index contributed by atoms with van der Waals surface area (Å²) in [7, 11) is -3.11. The fourth-order valence-corrected chi connectivity index (χ4v) is 2.08. The first kappa shape index (κ1) is 14.8. The van der Waals surface area contributed by atoms with Crippen molar-refractivity contribution in [2.45, 2.75) is 26.8 Å². The van der Waals surface area contributed by atoms with Crippen LogP contribution in [0.2, 0.25) is 0 Å². The van der Waals surface area contributed by atoms with Crippen molar-refractivity contribution >= 4 is 21.5 Å². The lowest BCUT2D eigenvalue weighted by Crippen LogP contribution is -2.24. The fourth-order valence-electron chi connectivity index (χ4n) is 1.56. The van der Waals surface area contributed by atoms with Gasteiger partial charge in [-0.25, -0.2) is 17.8 Å². The van der Waals surface area contributed by atoms with Crippen molar-refractivity contribution in [1.29, 1.82) is 0 Å². The third-order valence-corrected chi connectivity index (χ3v) is 3.21. The van der Waals surface area contributed by atoms with Crippen molar-refractivity contribution in [3.63, 3.8) is 0 Å². The maximum atomic E-state index is 10.9. The summed E-state index contributed by atoms with van der Waals surface area (Å²) in [6, 6.07) is 0. The Balaban J connectivity index is 2.44. The third kappa shape index (κ3) is 4.19. The number of sulfonamides is 1. The van der Waals surface area contributed by atoms with Crippen LogP contribution in [0.3, 0.4) is 0 Å². The van der Waals surface area contributed by atoms with Gasteiger partial charge in [-0.2, -0.15) is 5.10 Å². The van der Waals surface area contributed by atoms with E-state index < -0.39 is 10.0 Å². The smallest absolute Gasteiger partial charge is 0.208 e. The number of nitrogens with one attached hydrogen (secondary N) is 2. The Labute approximate surface area is 108 Å². The summed E-state index contributed by atoms with van der Waals surface area (Å²) in [5.74, 6) is 0.800. The minimum Gasteiger partial charge on any atom is -0.394 e. The van der Waals surface area contributed by atoms with E-state index in [0.29, 0.717) is 25.2 Å². The normalized spacial score (nSPS) is 11.7. The van der Waals surface area contributed by atoms with Crippen molar-refractivity contribution in [3.8, 4) is 0 Å². The lowest BCUT2D eigenvalue weighted by Gasteiger charge is -2.09. The zero-order valence-electron chi connectivity index (χ0n) is 11.0. The molecule has 1 rings (SSSR count). The number of hydrogen-bond acceptors (Lipinski definition) is 5. The Hall–Kier alpha value is -1.28. The first-order valence-electron chi connectivity index (χ1n) is 5.86. The largest absolute Gasteiger partial charge is 0.394 e. The van der Waals surface area contributed by atoms with Gasteiger partial charge in [0, 0.05) is 19.6 Å². The van der Waals surface area contributed by atoms with E-state index in [4.69, 9.17) is 5.73 Å². The zero-order valence-corrected chi connectivity index (χ0v) is 11.8. The molecule has 1 aromatic heterocycles. The maximum Gasteiger partial charge on any atom is 0.208 e. The molecule has 0 aromatic carbocycles. The standard InChI is InChI=1S/C10H21N5O2S/c1-4-15-10(9(11)8(2)14-15)12-6-5-7-13-18(3,16)17/h12-13H,4-7,11H2,1-3H3. The monoisotopic (exact) mass is 275 g/mol. The van der Waals surface area contributed by atoms with Gasteiger partial charge in [0.2, 0.25) is 10.0 Å².